The third kappa shape index (κ3) is 6.14. The molecule has 1 heterocycles. The van der Waals surface area contributed by atoms with Gasteiger partial charge in [0.05, 0.1) is 18.8 Å². The summed E-state index contributed by atoms with van der Waals surface area (Å²) in [6, 6.07) is 3.04. The van der Waals surface area contributed by atoms with Crippen LogP contribution in [0.25, 0.3) is 11.1 Å². The maximum atomic E-state index is 14.9. The van der Waals surface area contributed by atoms with E-state index in [2.05, 4.69) is 11.7 Å². The van der Waals surface area contributed by atoms with Gasteiger partial charge in [0.15, 0.2) is 17.9 Å². The summed E-state index contributed by atoms with van der Waals surface area (Å²) < 4.78 is 110. The number of rotatable bonds is 6. The van der Waals surface area contributed by atoms with Crippen molar-refractivity contribution in [2.24, 2.45) is 11.8 Å². The van der Waals surface area contributed by atoms with E-state index < -0.39 is 46.5 Å². The summed E-state index contributed by atoms with van der Waals surface area (Å²) >= 11 is 0. The van der Waals surface area contributed by atoms with Crippen molar-refractivity contribution in [1.82, 2.24) is 0 Å². The van der Waals surface area contributed by atoms with E-state index in [1.54, 1.807) is 0 Å². The van der Waals surface area contributed by atoms with E-state index in [4.69, 9.17) is 9.47 Å². The summed E-state index contributed by atoms with van der Waals surface area (Å²) in [4.78, 5) is 0. The highest BCUT2D eigenvalue weighted by atomic mass is 19.4. The lowest BCUT2D eigenvalue weighted by Gasteiger charge is -2.37. The van der Waals surface area contributed by atoms with Gasteiger partial charge in [-0.05, 0) is 73.4 Å². The zero-order chi connectivity index (χ0) is 26.0. The van der Waals surface area contributed by atoms with Crippen LogP contribution in [0.4, 0.5) is 30.7 Å². The summed E-state index contributed by atoms with van der Waals surface area (Å²) in [6.45, 7) is 3.45. The van der Waals surface area contributed by atoms with Gasteiger partial charge in [-0.2, -0.15) is 0 Å². The quantitative estimate of drug-likeness (QED) is 0.363. The van der Waals surface area contributed by atoms with Crippen LogP contribution >= 0.6 is 0 Å². The molecule has 4 rings (SSSR count). The first kappa shape index (κ1) is 26.7. The second-order valence-corrected chi connectivity index (χ2v) is 9.48. The molecule has 0 unspecified atom stereocenters. The highest BCUT2D eigenvalue weighted by molar-refractivity contribution is 5.66. The molecule has 1 saturated carbocycles. The number of ether oxygens (including phenoxy) is 3. The third-order valence-corrected chi connectivity index (χ3v) is 6.89. The van der Waals surface area contributed by atoms with Crippen LogP contribution in [-0.2, 0) is 9.47 Å². The van der Waals surface area contributed by atoms with Crippen molar-refractivity contribution in [3.8, 4) is 16.9 Å². The fourth-order valence-electron chi connectivity index (χ4n) is 5.15. The fourth-order valence-corrected chi connectivity index (χ4v) is 5.15. The van der Waals surface area contributed by atoms with Crippen LogP contribution < -0.4 is 4.74 Å². The van der Waals surface area contributed by atoms with Crippen molar-refractivity contribution >= 4 is 0 Å². The van der Waals surface area contributed by atoms with Crippen molar-refractivity contribution in [2.75, 3.05) is 13.2 Å². The van der Waals surface area contributed by atoms with E-state index in [-0.39, 0.29) is 18.1 Å². The Hall–Kier alpha value is -2.33. The number of alkyl halides is 3. The molecule has 1 aliphatic heterocycles. The molecule has 0 bridgehead atoms. The Balaban J connectivity index is 1.44. The molecule has 0 amide bonds. The van der Waals surface area contributed by atoms with Gasteiger partial charge < -0.3 is 14.2 Å². The second-order valence-electron chi connectivity index (χ2n) is 9.48. The first-order valence-electron chi connectivity index (χ1n) is 12.0. The minimum atomic E-state index is -5.33. The van der Waals surface area contributed by atoms with Gasteiger partial charge in [-0.15, -0.1) is 13.2 Å². The van der Waals surface area contributed by atoms with E-state index in [1.807, 2.05) is 0 Å². The number of benzene rings is 2. The Morgan fingerprint density at radius 1 is 0.833 bits per heavy atom. The Labute approximate surface area is 204 Å². The second kappa shape index (κ2) is 11.0. The average molecular weight is 520 g/mol. The summed E-state index contributed by atoms with van der Waals surface area (Å²) in [7, 11) is 0. The lowest BCUT2D eigenvalue weighted by Crippen LogP contribution is -2.38. The van der Waals surface area contributed by atoms with Gasteiger partial charge in [0, 0.05) is 11.8 Å². The molecule has 0 aromatic heterocycles. The Bertz CT molecular complexity index is 1010. The maximum Gasteiger partial charge on any atom is 0.573 e. The molecule has 0 atom stereocenters. The van der Waals surface area contributed by atoms with Gasteiger partial charge in [0.2, 0.25) is 5.75 Å². The topological polar surface area (TPSA) is 27.7 Å². The van der Waals surface area contributed by atoms with Crippen molar-refractivity contribution in [3.05, 3.63) is 53.1 Å². The number of halogens is 7. The summed E-state index contributed by atoms with van der Waals surface area (Å²) in [5.41, 5.74) is -0.883. The SMILES string of the molecule is CCCC1COC(C2CCC(c3cc(F)c(-c4cc(F)c(OC(F)(F)F)c(F)c4)c(F)c3)CC2)OC1. The molecule has 1 saturated heterocycles. The summed E-state index contributed by atoms with van der Waals surface area (Å²) in [6.07, 6.45) is -0.630. The number of hydrogen-bond donors (Lipinski definition) is 0. The first-order chi connectivity index (χ1) is 17.1. The zero-order valence-corrected chi connectivity index (χ0v) is 19.6. The average Bonchev–Trinajstić information content (AvgIpc) is 2.81. The van der Waals surface area contributed by atoms with Crippen LogP contribution in [0.3, 0.4) is 0 Å². The maximum absolute atomic E-state index is 14.9. The molecule has 10 heteroatoms. The smallest absolute Gasteiger partial charge is 0.399 e. The van der Waals surface area contributed by atoms with E-state index in [1.165, 1.54) is 0 Å². The van der Waals surface area contributed by atoms with Crippen LogP contribution in [0.1, 0.15) is 56.9 Å². The minimum absolute atomic E-state index is 0.119. The first-order valence-corrected chi connectivity index (χ1v) is 12.0. The summed E-state index contributed by atoms with van der Waals surface area (Å²) in [5, 5.41) is 0. The molecule has 198 valence electrons. The van der Waals surface area contributed by atoms with Gasteiger partial charge in [-0.1, -0.05) is 13.3 Å². The van der Waals surface area contributed by atoms with Gasteiger partial charge in [0.25, 0.3) is 0 Å². The van der Waals surface area contributed by atoms with Crippen molar-refractivity contribution in [1.29, 1.82) is 0 Å². The van der Waals surface area contributed by atoms with E-state index in [9.17, 15) is 30.7 Å². The normalized spacial score (nSPS) is 25.1. The fraction of sp³-hybridized carbons (Fsp3) is 0.538. The highest BCUT2D eigenvalue weighted by Gasteiger charge is 2.35. The Morgan fingerprint density at radius 2 is 1.39 bits per heavy atom. The van der Waals surface area contributed by atoms with E-state index >= 15 is 0 Å². The minimum Gasteiger partial charge on any atom is -0.399 e. The van der Waals surface area contributed by atoms with Crippen LogP contribution in [0.2, 0.25) is 0 Å². The molecule has 2 aromatic rings. The molecule has 0 N–H and O–H groups in total. The third-order valence-electron chi connectivity index (χ3n) is 6.89. The highest BCUT2D eigenvalue weighted by Crippen LogP contribution is 2.41. The molecule has 0 radical (unpaired) electrons. The van der Waals surface area contributed by atoms with Gasteiger partial charge in [-0.3, -0.25) is 0 Å². The van der Waals surface area contributed by atoms with Crippen molar-refractivity contribution in [3.63, 3.8) is 0 Å². The van der Waals surface area contributed by atoms with E-state index in [0.29, 0.717) is 49.7 Å². The van der Waals surface area contributed by atoms with Crippen molar-refractivity contribution < 1.29 is 44.9 Å². The van der Waals surface area contributed by atoms with Gasteiger partial charge in [0.1, 0.15) is 11.6 Å². The molecule has 2 fully saturated rings. The predicted molar refractivity (Wildman–Crippen MR) is 117 cm³/mol. The molecule has 36 heavy (non-hydrogen) atoms. The molecule has 3 nitrogen and oxygen atoms in total. The van der Waals surface area contributed by atoms with Crippen LogP contribution in [0, 0.1) is 35.1 Å². The Morgan fingerprint density at radius 3 is 1.89 bits per heavy atom. The predicted octanol–water partition coefficient (Wildman–Crippen LogP) is 7.87. The molecule has 1 aliphatic carbocycles. The van der Waals surface area contributed by atoms with Gasteiger partial charge >= 0.3 is 6.36 Å². The van der Waals surface area contributed by atoms with Gasteiger partial charge in [-0.25, -0.2) is 17.6 Å². The lowest BCUT2D eigenvalue weighted by molar-refractivity contribution is -0.276. The molecular weight excluding hydrogens is 493 g/mol. The largest absolute Gasteiger partial charge is 0.573 e. The molecular formula is C26H27F7O3. The molecule has 0 spiro atoms. The van der Waals surface area contributed by atoms with Crippen molar-refractivity contribution in [2.45, 2.75) is 64.0 Å². The number of hydrogen-bond acceptors (Lipinski definition) is 3. The molecule has 2 aliphatic rings. The monoisotopic (exact) mass is 520 g/mol. The van der Waals surface area contributed by atoms with Crippen LogP contribution in [0.5, 0.6) is 5.75 Å². The Kier molecular flexibility index (Phi) is 8.14. The zero-order valence-electron chi connectivity index (χ0n) is 19.6. The van der Waals surface area contributed by atoms with Crippen LogP contribution in [0.15, 0.2) is 24.3 Å². The molecule has 2 aromatic carbocycles. The standard InChI is InChI=1S/C26H27F7O3/c1-2-3-14-12-34-25(35-13-14)16-6-4-15(5-7-16)17-8-19(27)23(20(28)9-17)18-10-21(29)24(22(30)11-18)36-26(31,32)33/h8-11,14-16,25H,2-7,12-13H2,1H3. The van der Waals surface area contributed by atoms with E-state index in [0.717, 1.165) is 37.8 Å². The lowest BCUT2D eigenvalue weighted by atomic mass is 9.78. The summed E-state index contributed by atoms with van der Waals surface area (Å²) in [5.74, 6) is -6.77. The van der Waals surface area contributed by atoms with Crippen LogP contribution in [-0.4, -0.2) is 25.9 Å².